The van der Waals surface area contributed by atoms with Crippen molar-refractivity contribution >= 4 is 17.6 Å². The summed E-state index contributed by atoms with van der Waals surface area (Å²) in [6, 6.07) is 10.8. The van der Waals surface area contributed by atoms with Crippen molar-refractivity contribution in [3.8, 4) is 5.75 Å². The summed E-state index contributed by atoms with van der Waals surface area (Å²) in [4.78, 5) is 14.5. The van der Waals surface area contributed by atoms with Gasteiger partial charge in [0.2, 0.25) is 0 Å². The van der Waals surface area contributed by atoms with Crippen LogP contribution in [-0.2, 0) is 6.61 Å². The molecule has 0 spiro atoms. The first kappa shape index (κ1) is 12.4. The van der Waals surface area contributed by atoms with Gasteiger partial charge in [-0.3, -0.25) is 0 Å². The Hall–Kier alpha value is -2.07. The molecule has 0 aliphatic rings. The van der Waals surface area contributed by atoms with E-state index in [0.717, 1.165) is 5.75 Å². The van der Waals surface area contributed by atoms with Crippen molar-refractivity contribution < 1.29 is 14.6 Å². The van der Waals surface area contributed by atoms with Gasteiger partial charge in [0.1, 0.15) is 12.4 Å². The molecule has 0 saturated heterocycles. The van der Waals surface area contributed by atoms with Crippen LogP contribution in [0.25, 0.3) is 0 Å². The molecule has 0 atom stereocenters. The van der Waals surface area contributed by atoms with E-state index in [2.05, 4.69) is 4.98 Å². The van der Waals surface area contributed by atoms with Crippen LogP contribution in [0.15, 0.2) is 42.6 Å². The lowest BCUT2D eigenvalue weighted by Crippen LogP contribution is -2.03. The molecule has 1 heterocycles. The molecule has 0 aliphatic heterocycles. The van der Waals surface area contributed by atoms with E-state index in [-0.39, 0.29) is 17.3 Å². The van der Waals surface area contributed by atoms with Gasteiger partial charge in [-0.1, -0.05) is 29.8 Å². The van der Waals surface area contributed by atoms with E-state index in [9.17, 15) is 4.79 Å². The molecule has 92 valence electrons. The zero-order chi connectivity index (χ0) is 13.0. The fraction of sp³-hybridized carbons (Fsp3) is 0.0769. The third-order valence-electron chi connectivity index (χ3n) is 2.25. The molecular weight excluding hydrogens is 254 g/mol. The highest BCUT2D eigenvalue weighted by atomic mass is 35.5. The fourth-order valence-corrected chi connectivity index (χ4v) is 1.67. The third-order valence-corrected chi connectivity index (χ3v) is 2.54. The Bertz CT molecular complexity index is 557. The van der Waals surface area contributed by atoms with Crippen LogP contribution in [0.1, 0.15) is 16.1 Å². The van der Waals surface area contributed by atoms with E-state index in [1.807, 2.05) is 30.3 Å². The van der Waals surface area contributed by atoms with Crippen molar-refractivity contribution in [3.05, 3.63) is 58.9 Å². The number of nitrogens with zero attached hydrogens (tertiary/aromatic N) is 1. The Kier molecular flexibility index (Phi) is 3.79. The Morgan fingerprint density at radius 2 is 2.06 bits per heavy atom. The maximum absolute atomic E-state index is 10.7. The number of halogens is 1. The molecule has 0 saturated carbocycles. The predicted molar refractivity (Wildman–Crippen MR) is 67.0 cm³/mol. The van der Waals surface area contributed by atoms with E-state index in [0.29, 0.717) is 5.56 Å². The van der Waals surface area contributed by atoms with E-state index in [4.69, 9.17) is 21.4 Å². The minimum absolute atomic E-state index is 0.108. The van der Waals surface area contributed by atoms with Gasteiger partial charge in [-0.15, -0.1) is 0 Å². The maximum atomic E-state index is 10.7. The minimum Gasteiger partial charge on any atom is -0.489 e. The smallest absolute Gasteiger partial charge is 0.356 e. The zero-order valence-electron chi connectivity index (χ0n) is 9.34. The van der Waals surface area contributed by atoms with Crippen molar-refractivity contribution in [3.63, 3.8) is 0 Å². The number of benzene rings is 1. The Morgan fingerprint density at radius 3 is 2.67 bits per heavy atom. The van der Waals surface area contributed by atoms with E-state index in [1.54, 1.807) is 6.07 Å². The first-order valence-corrected chi connectivity index (χ1v) is 5.60. The van der Waals surface area contributed by atoms with Crippen LogP contribution >= 0.6 is 11.6 Å². The van der Waals surface area contributed by atoms with Crippen molar-refractivity contribution in [2.24, 2.45) is 0 Å². The molecule has 0 amide bonds. The summed E-state index contributed by atoms with van der Waals surface area (Å²) < 4.78 is 5.50. The van der Waals surface area contributed by atoms with Crippen molar-refractivity contribution in [2.45, 2.75) is 6.61 Å². The summed E-state index contributed by atoms with van der Waals surface area (Å²) in [5.41, 5.74) is 0.564. The summed E-state index contributed by atoms with van der Waals surface area (Å²) >= 11 is 5.81. The van der Waals surface area contributed by atoms with Gasteiger partial charge in [0.05, 0.1) is 5.02 Å². The summed E-state index contributed by atoms with van der Waals surface area (Å²) in [5.74, 6) is -0.411. The monoisotopic (exact) mass is 263 g/mol. The first-order chi connectivity index (χ1) is 8.66. The lowest BCUT2D eigenvalue weighted by molar-refractivity contribution is 0.0690. The van der Waals surface area contributed by atoms with Crippen LogP contribution in [0.2, 0.25) is 5.02 Å². The maximum Gasteiger partial charge on any atom is 0.356 e. The van der Waals surface area contributed by atoms with Crippen molar-refractivity contribution in [2.75, 3.05) is 0 Å². The number of rotatable bonds is 4. The molecule has 18 heavy (non-hydrogen) atoms. The van der Waals surface area contributed by atoms with E-state index >= 15 is 0 Å². The van der Waals surface area contributed by atoms with Crippen LogP contribution in [0.4, 0.5) is 0 Å². The molecule has 2 rings (SSSR count). The van der Waals surface area contributed by atoms with Crippen LogP contribution in [0, 0.1) is 0 Å². The molecule has 1 aromatic heterocycles. The summed E-state index contributed by atoms with van der Waals surface area (Å²) in [6.45, 7) is 0.288. The number of carboxylic acid groups (broad SMARTS) is 1. The predicted octanol–water partition coefficient (Wildman–Crippen LogP) is 3.01. The summed E-state index contributed by atoms with van der Waals surface area (Å²) in [7, 11) is 0. The van der Waals surface area contributed by atoms with Gasteiger partial charge in [0.25, 0.3) is 0 Å². The first-order valence-electron chi connectivity index (χ1n) is 5.22. The number of para-hydroxylation sites is 1. The second kappa shape index (κ2) is 5.51. The number of ether oxygens (including phenoxy) is 1. The number of hydrogen-bond donors (Lipinski definition) is 1. The van der Waals surface area contributed by atoms with Crippen LogP contribution in [0.3, 0.4) is 0 Å². The second-order valence-corrected chi connectivity index (χ2v) is 3.99. The molecule has 0 fully saturated rings. The number of hydrogen-bond acceptors (Lipinski definition) is 3. The van der Waals surface area contributed by atoms with E-state index in [1.165, 1.54) is 6.20 Å². The van der Waals surface area contributed by atoms with Gasteiger partial charge >= 0.3 is 5.97 Å². The highest BCUT2D eigenvalue weighted by Crippen LogP contribution is 2.17. The van der Waals surface area contributed by atoms with Gasteiger partial charge in [-0.05, 0) is 18.2 Å². The Morgan fingerprint density at radius 1 is 1.33 bits per heavy atom. The van der Waals surface area contributed by atoms with Crippen molar-refractivity contribution in [1.82, 2.24) is 4.98 Å². The topological polar surface area (TPSA) is 59.4 Å². The SMILES string of the molecule is O=C(O)c1ncc(COc2ccccc2)cc1Cl. The number of carboxylic acids is 1. The van der Waals surface area contributed by atoms with Gasteiger partial charge in [0.15, 0.2) is 5.69 Å². The number of pyridine rings is 1. The number of aromatic carboxylic acids is 1. The molecule has 1 aromatic carbocycles. The van der Waals surface area contributed by atoms with Gasteiger partial charge in [-0.2, -0.15) is 0 Å². The average molecular weight is 264 g/mol. The highest BCUT2D eigenvalue weighted by Gasteiger charge is 2.10. The normalized spacial score (nSPS) is 10.1. The highest BCUT2D eigenvalue weighted by molar-refractivity contribution is 6.33. The third kappa shape index (κ3) is 2.99. The molecule has 0 aliphatic carbocycles. The molecular formula is C13H10ClNO3. The fourth-order valence-electron chi connectivity index (χ4n) is 1.40. The Balaban J connectivity index is 2.07. The number of aromatic nitrogens is 1. The quantitative estimate of drug-likeness (QED) is 0.921. The minimum atomic E-state index is -1.14. The van der Waals surface area contributed by atoms with Crippen LogP contribution in [-0.4, -0.2) is 16.1 Å². The second-order valence-electron chi connectivity index (χ2n) is 3.58. The van der Waals surface area contributed by atoms with Gasteiger partial charge < -0.3 is 9.84 Å². The van der Waals surface area contributed by atoms with Crippen molar-refractivity contribution in [1.29, 1.82) is 0 Å². The molecule has 0 radical (unpaired) electrons. The van der Waals surface area contributed by atoms with Crippen LogP contribution in [0.5, 0.6) is 5.75 Å². The van der Waals surface area contributed by atoms with E-state index < -0.39 is 5.97 Å². The average Bonchev–Trinajstić information content (AvgIpc) is 2.37. The zero-order valence-corrected chi connectivity index (χ0v) is 10.1. The standard InChI is InChI=1S/C13H10ClNO3/c14-11-6-9(7-15-12(11)13(16)17)8-18-10-4-2-1-3-5-10/h1-7H,8H2,(H,16,17). The molecule has 4 nitrogen and oxygen atoms in total. The summed E-state index contributed by atoms with van der Waals surface area (Å²) in [5, 5.41) is 8.89. The molecule has 0 bridgehead atoms. The molecule has 1 N–H and O–H groups in total. The lowest BCUT2D eigenvalue weighted by Gasteiger charge is -2.06. The lowest BCUT2D eigenvalue weighted by atomic mass is 10.2. The summed E-state index contributed by atoms with van der Waals surface area (Å²) in [6.07, 6.45) is 1.44. The van der Waals surface area contributed by atoms with Crippen LogP contribution < -0.4 is 4.74 Å². The molecule has 2 aromatic rings. The van der Waals surface area contributed by atoms with Gasteiger partial charge in [-0.25, -0.2) is 9.78 Å². The largest absolute Gasteiger partial charge is 0.489 e. The molecule has 0 unspecified atom stereocenters. The Labute approximate surface area is 109 Å². The number of carbonyl (C=O) groups is 1. The van der Waals surface area contributed by atoms with Gasteiger partial charge in [0, 0.05) is 11.8 Å². The molecule has 5 heteroatoms.